The highest BCUT2D eigenvalue weighted by Gasteiger charge is 2.57. The second-order valence-corrected chi connectivity index (χ2v) is 18.2. The first kappa shape index (κ1) is 44.6. The fourth-order valence-corrected chi connectivity index (χ4v) is 9.53. The Bertz CT molecular complexity index is 3330. The summed E-state index contributed by atoms with van der Waals surface area (Å²) in [5.74, 6) is 0.323. The number of hydrogen-bond donors (Lipinski definition) is 1. The van der Waals surface area contributed by atoms with E-state index in [0.29, 0.717) is 5.75 Å². The Morgan fingerprint density at radius 2 is 0.677 bits per heavy atom. The van der Waals surface area contributed by atoms with Crippen molar-refractivity contribution in [3.63, 3.8) is 0 Å². The van der Waals surface area contributed by atoms with Crippen LogP contribution in [0.4, 0.5) is 26.3 Å². The molecule has 10 rings (SSSR count). The third-order valence-electron chi connectivity index (χ3n) is 10.9. The van der Waals surface area contributed by atoms with E-state index in [9.17, 15) is 48.3 Å². The summed E-state index contributed by atoms with van der Waals surface area (Å²) >= 11 is 0. The van der Waals surface area contributed by atoms with Crippen molar-refractivity contribution in [2.24, 2.45) is 0 Å². The van der Waals surface area contributed by atoms with Gasteiger partial charge in [-0.3, -0.25) is 0 Å². The minimum absolute atomic E-state index is 0.323. The largest absolute Gasteiger partial charge is 0.524 e. The third-order valence-corrected chi connectivity index (χ3v) is 13.4. The fourth-order valence-electron chi connectivity index (χ4n) is 7.97. The second kappa shape index (κ2) is 17.2. The van der Waals surface area contributed by atoms with E-state index in [4.69, 9.17) is 0 Å². The average Bonchev–Trinajstić information content (AvgIpc) is 3.28. The molecule has 0 fully saturated rings. The topological polar surface area (TPSA) is 97.7 Å². The molecule has 0 aliphatic rings. The van der Waals surface area contributed by atoms with E-state index >= 15 is 0 Å². The van der Waals surface area contributed by atoms with Crippen LogP contribution in [0.1, 0.15) is 5.56 Å². The molecule has 0 unspecified atom stereocenters. The standard InChI is InChI=1S/C25H18.C24H16O.C2F6O5S2/c1-17-14-15-24(23-13-7-6-10-20(17)23)25-21-11-4-2-8-18(21)16-19-9-3-5-12-22(19)25;25-23-14-13-22(20-11-5-6-12-21(20)23)24-18-9-3-1-7-16(18)15-17-8-2-4-10-19(17)24;3-1(4,5)14(9,10)13-15(11,12)2(6,7)8/h2-16H,1H3;1-15,25H;. The number of fused-ring (bicyclic) bond motifs is 6. The SMILES string of the molecule is Cc1ccc(-c2c3ccccc3cc3ccccc23)c2ccccc12.O=S(=O)(OS(=O)(=O)C(F)(F)F)C(F)(F)F.Oc1ccc(-c2c3ccccc3cc3ccccc23)c2ccccc12. The highest BCUT2D eigenvalue weighted by Crippen LogP contribution is 2.43. The summed E-state index contributed by atoms with van der Waals surface area (Å²) < 4.78 is 110. The van der Waals surface area contributed by atoms with Crippen molar-refractivity contribution < 1.29 is 51.9 Å². The number of phenols is 1. The summed E-state index contributed by atoms with van der Waals surface area (Å²) in [6, 6.07) is 64.1. The Morgan fingerprint density at radius 1 is 0.385 bits per heavy atom. The van der Waals surface area contributed by atoms with Crippen molar-refractivity contribution in [1.82, 2.24) is 0 Å². The summed E-state index contributed by atoms with van der Waals surface area (Å²) in [5, 5.41) is 25.0. The minimum atomic E-state index is -6.85. The maximum absolute atomic E-state index is 11.4. The molecule has 0 spiro atoms. The van der Waals surface area contributed by atoms with Gasteiger partial charge in [0.05, 0.1) is 0 Å². The van der Waals surface area contributed by atoms with Gasteiger partial charge in [-0.05, 0) is 112 Å². The van der Waals surface area contributed by atoms with Gasteiger partial charge in [0.25, 0.3) is 0 Å². The maximum atomic E-state index is 11.4. The van der Waals surface area contributed by atoms with Crippen LogP contribution in [0.3, 0.4) is 0 Å². The molecule has 0 aromatic heterocycles. The maximum Gasteiger partial charge on any atom is 0.524 e. The predicted octanol–water partition coefficient (Wildman–Crippen LogP) is 14.3. The molecule has 65 heavy (non-hydrogen) atoms. The molecule has 6 nitrogen and oxygen atoms in total. The molecule has 14 heteroatoms. The summed E-state index contributed by atoms with van der Waals surface area (Å²) in [4.78, 5) is 0. The summed E-state index contributed by atoms with van der Waals surface area (Å²) in [5.41, 5.74) is -6.16. The number of alkyl halides is 6. The van der Waals surface area contributed by atoms with Gasteiger partial charge in [0.15, 0.2) is 0 Å². The quantitative estimate of drug-likeness (QED) is 0.107. The van der Waals surface area contributed by atoms with Crippen LogP contribution < -0.4 is 0 Å². The summed E-state index contributed by atoms with van der Waals surface area (Å²) in [7, 11) is -13.7. The Hall–Kier alpha value is -7.00. The number of benzene rings is 10. The highest BCUT2D eigenvalue weighted by atomic mass is 32.3. The van der Waals surface area contributed by atoms with Gasteiger partial charge in [-0.1, -0.05) is 164 Å². The van der Waals surface area contributed by atoms with E-state index in [1.807, 2.05) is 27.9 Å². The molecule has 0 heterocycles. The van der Waals surface area contributed by atoms with Gasteiger partial charge in [0.2, 0.25) is 0 Å². The van der Waals surface area contributed by atoms with Crippen molar-refractivity contribution in [2.45, 2.75) is 17.9 Å². The van der Waals surface area contributed by atoms with Gasteiger partial charge in [-0.25, -0.2) is 0 Å². The fraction of sp³-hybridized carbons (Fsp3) is 0.0588. The highest BCUT2D eigenvalue weighted by molar-refractivity contribution is 8.00. The molecule has 0 amide bonds. The first-order valence-corrected chi connectivity index (χ1v) is 22.5. The zero-order valence-electron chi connectivity index (χ0n) is 33.9. The van der Waals surface area contributed by atoms with Crippen LogP contribution in [0.25, 0.3) is 86.9 Å². The smallest absolute Gasteiger partial charge is 0.507 e. The van der Waals surface area contributed by atoms with Gasteiger partial charge in [0, 0.05) is 5.39 Å². The van der Waals surface area contributed by atoms with E-state index < -0.39 is 31.3 Å². The van der Waals surface area contributed by atoms with E-state index in [1.54, 1.807) is 6.07 Å². The molecule has 0 aliphatic heterocycles. The number of hydrogen-bond acceptors (Lipinski definition) is 6. The zero-order chi connectivity index (χ0) is 46.3. The molecular weight excluding hydrogens is 887 g/mol. The lowest BCUT2D eigenvalue weighted by Gasteiger charge is -2.15. The van der Waals surface area contributed by atoms with Crippen molar-refractivity contribution in [3.05, 3.63) is 188 Å². The third kappa shape index (κ3) is 8.67. The molecule has 0 bridgehead atoms. The van der Waals surface area contributed by atoms with Gasteiger partial charge < -0.3 is 5.11 Å². The molecule has 0 radical (unpaired) electrons. The van der Waals surface area contributed by atoms with Crippen LogP contribution in [-0.2, 0) is 23.9 Å². The van der Waals surface area contributed by atoms with Crippen molar-refractivity contribution in [1.29, 1.82) is 0 Å². The zero-order valence-corrected chi connectivity index (χ0v) is 35.5. The Kier molecular flexibility index (Phi) is 11.8. The van der Waals surface area contributed by atoms with Crippen LogP contribution in [0.2, 0.25) is 0 Å². The Labute approximate surface area is 368 Å². The average molecular weight is 921 g/mol. The van der Waals surface area contributed by atoms with Crippen LogP contribution in [0, 0.1) is 6.92 Å². The van der Waals surface area contributed by atoms with Gasteiger partial charge in [0.1, 0.15) is 5.75 Å². The lowest BCUT2D eigenvalue weighted by molar-refractivity contribution is -0.0585. The number of halogens is 6. The van der Waals surface area contributed by atoms with E-state index in [1.165, 1.54) is 76.1 Å². The van der Waals surface area contributed by atoms with Gasteiger partial charge in [-0.2, -0.15) is 43.2 Å². The van der Waals surface area contributed by atoms with Crippen molar-refractivity contribution >= 4 is 84.9 Å². The lowest BCUT2D eigenvalue weighted by Crippen LogP contribution is -2.34. The van der Waals surface area contributed by atoms with Crippen LogP contribution >= 0.6 is 0 Å². The Balaban J connectivity index is 0.000000138. The molecular formula is C51H34F6O6S2. The lowest BCUT2D eigenvalue weighted by atomic mass is 9.88. The predicted molar refractivity (Wildman–Crippen MR) is 246 cm³/mol. The molecule has 0 saturated heterocycles. The Morgan fingerprint density at radius 3 is 1.05 bits per heavy atom. The number of phenolic OH excluding ortho intramolecular Hbond substituents is 1. The van der Waals surface area contributed by atoms with Crippen molar-refractivity contribution in [3.8, 4) is 28.0 Å². The van der Waals surface area contributed by atoms with Crippen LogP contribution in [0.15, 0.2) is 182 Å². The molecule has 0 atom stereocenters. The monoisotopic (exact) mass is 920 g/mol. The summed E-state index contributed by atoms with van der Waals surface area (Å²) in [6.07, 6.45) is 0. The molecule has 1 N–H and O–H groups in total. The minimum Gasteiger partial charge on any atom is -0.507 e. The van der Waals surface area contributed by atoms with E-state index in [0.717, 1.165) is 16.3 Å². The number of aryl methyl sites for hydroxylation is 1. The molecule has 0 aliphatic carbocycles. The first-order chi connectivity index (χ1) is 30.9. The van der Waals surface area contributed by atoms with Crippen LogP contribution in [-0.4, -0.2) is 33.0 Å². The van der Waals surface area contributed by atoms with E-state index in [2.05, 4.69) is 159 Å². The number of aromatic hydroxyl groups is 1. The first-order valence-electron chi connectivity index (χ1n) is 19.7. The van der Waals surface area contributed by atoms with Gasteiger partial charge >= 0.3 is 31.3 Å². The molecule has 10 aromatic rings. The van der Waals surface area contributed by atoms with Gasteiger partial charge in [-0.15, -0.1) is 3.63 Å². The number of rotatable bonds is 4. The second-order valence-electron chi connectivity index (χ2n) is 14.9. The summed E-state index contributed by atoms with van der Waals surface area (Å²) in [6.45, 7) is 2.19. The van der Waals surface area contributed by atoms with Crippen molar-refractivity contribution in [2.75, 3.05) is 0 Å². The van der Waals surface area contributed by atoms with E-state index in [-0.39, 0.29) is 0 Å². The molecule has 0 saturated carbocycles. The normalized spacial score (nSPS) is 12.3. The van der Waals surface area contributed by atoms with Crippen LogP contribution in [0.5, 0.6) is 5.75 Å². The molecule has 10 aromatic carbocycles. The molecule has 328 valence electrons.